The van der Waals surface area contributed by atoms with E-state index in [1.165, 1.54) is 0 Å². The summed E-state index contributed by atoms with van der Waals surface area (Å²) in [5.41, 5.74) is 1.10. The third-order valence-corrected chi connectivity index (χ3v) is 3.36. The third kappa shape index (κ3) is 3.45. The highest BCUT2D eigenvalue weighted by molar-refractivity contribution is 6.19. The lowest BCUT2D eigenvalue weighted by molar-refractivity contribution is 0.278. The topological polar surface area (TPSA) is 19.4 Å². The van der Waals surface area contributed by atoms with Crippen LogP contribution in [0.1, 0.15) is 0 Å². The Balaban J connectivity index is 1.84. The van der Waals surface area contributed by atoms with Crippen LogP contribution in [0, 0.1) is 0 Å². The molecule has 92 valence electrons. The summed E-state index contributed by atoms with van der Waals surface area (Å²) in [4.78, 5) is 9.09. The fourth-order valence-corrected chi connectivity index (χ4v) is 2.12. The molecule has 0 unspecified atom stereocenters. The number of piperazine rings is 1. The minimum absolute atomic E-state index is 0.556. The van der Waals surface area contributed by atoms with Gasteiger partial charge in [0.2, 0.25) is 0 Å². The van der Waals surface area contributed by atoms with Crippen molar-refractivity contribution in [2.24, 2.45) is 0 Å². The molecule has 0 atom stereocenters. The highest BCUT2D eigenvalue weighted by Crippen LogP contribution is 2.13. The Kier molecular flexibility index (Phi) is 4.40. The molecule has 1 aliphatic heterocycles. The number of halogens is 1. The zero-order valence-electron chi connectivity index (χ0n) is 9.98. The standard InChI is InChI=1S/C13H18ClN3/c1-12(10-14)11-16-6-8-17(9-7-16)13-4-2-3-5-15-13/h2-5H,1,6-11H2. The molecular weight excluding hydrogens is 234 g/mol. The summed E-state index contributed by atoms with van der Waals surface area (Å²) in [6.07, 6.45) is 1.84. The molecule has 2 rings (SSSR count). The molecule has 1 aromatic heterocycles. The van der Waals surface area contributed by atoms with Crippen LogP contribution in [0.3, 0.4) is 0 Å². The molecule has 0 bridgehead atoms. The van der Waals surface area contributed by atoms with Crippen LogP contribution in [0.25, 0.3) is 0 Å². The molecule has 0 aromatic carbocycles. The molecule has 17 heavy (non-hydrogen) atoms. The average molecular weight is 252 g/mol. The van der Waals surface area contributed by atoms with Crippen LogP contribution in [0.15, 0.2) is 36.5 Å². The minimum atomic E-state index is 0.556. The Hall–Kier alpha value is -1.06. The number of hydrogen-bond donors (Lipinski definition) is 0. The van der Waals surface area contributed by atoms with Crippen LogP contribution < -0.4 is 4.90 Å². The Morgan fingerprint density at radius 1 is 1.29 bits per heavy atom. The first-order valence-electron chi connectivity index (χ1n) is 5.90. The first kappa shape index (κ1) is 12.4. The normalized spacial score (nSPS) is 17.1. The smallest absolute Gasteiger partial charge is 0.128 e. The second-order valence-corrected chi connectivity index (χ2v) is 4.60. The number of anilines is 1. The molecule has 1 aromatic rings. The molecule has 1 fully saturated rings. The Bertz CT molecular complexity index is 358. The summed E-state index contributed by atoms with van der Waals surface area (Å²) in [5.74, 6) is 1.63. The van der Waals surface area contributed by atoms with Gasteiger partial charge in [-0.1, -0.05) is 12.6 Å². The van der Waals surface area contributed by atoms with Crippen molar-refractivity contribution in [1.82, 2.24) is 9.88 Å². The van der Waals surface area contributed by atoms with Gasteiger partial charge in [0.25, 0.3) is 0 Å². The zero-order chi connectivity index (χ0) is 12.1. The van der Waals surface area contributed by atoms with Crippen LogP contribution in [0.2, 0.25) is 0 Å². The van der Waals surface area contributed by atoms with Crippen LogP contribution in [-0.2, 0) is 0 Å². The molecule has 0 saturated carbocycles. The lowest BCUT2D eigenvalue weighted by Crippen LogP contribution is -2.47. The van der Waals surface area contributed by atoms with Gasteiger partial charge in [-0.05, 0) is 17.7 Å². The molecule has 0 spiro atoms. The summed E-state index contributed by atoms with van der Waals surface area (Å²) < 4.78 is 0. The quantitative estimate of drug-likeness (QED) is 0.603. The monoisotopic (exact) mass is 251 g/mol. The zero-order valence-corrected chi connectivity index (χ0v) is 10.7. The maximum atomic E-state index is 5.75. The van der Waals surface area contributed by atoms with Gasteiger partial charge < -0.3 is 4.90 Å². The fraction of sp³-hybridized carbons (Fsp3) is 0.462. The Morgan fingerprint density at radius 3 is 2.65 bits per heavy atom. The van der Waals surface area contributed by atoms with Gasteiger partial charge in [0, 0.05) is 44.8 Å². The van der Waals surface area contributed by atoms with E-state index >= 15 is 0 Å². The van der Waals surface area contributed by atoms with Gasteiger partial charge >= 0.3 is 0 Å². The van der Waals surface area contributed by atoms with Gasteiger partial charge in [0.05, 0.1) is 0 Å². The van der Waals surface area contributed by atoms with Crippen molar-refractivity contribution in [3.8, 4) is 0 Å². The van der Waals surface area contributed by atoms with Crippen molar-refractivity contribution in [3.63, 3.8) is 0 Å². The highest BCUT2D eigenvalue weighted by Gasteiger charge is 2.17. The second-order valence-electron chi connectivity index (χ2n) is 4.33. The Morgan fingerprint density at radius 2 is 2.06 bits per heavy atom. The number of alkyl halides is 1. The molecule has 1 aliphatic rings. The van der Waals surface area contributed by atoms with E-state index in [0.29, 0.717) is 5.88 Å². The summed E-state index contributed by atoms with van der Waals surface area (Å²) in [6, 6.07) is 6.04. The average Bonchev–Trinajstić information content (AvgIpc) is 2.40. The lowest BCUT2D eigenvalue weighted by Gasteiger charge is -2.35. The van der Waals surface area contributed by atoms with Gasteiger partial charge in [-0.3, -0.25) is 4.90 Å². The molecular formula is C13H18ClN3. The molecule has 1 saturated heterocycles. The van der Waals surface area contributed by atoms with Crippen LogP contribution in [0.4, 0.5) is 5.82 Å². The predicted octanol–water partition coefficient (Wildman–Crippen LogP) is 2.00. The fourth-order valence-electron chi connectivity index (χ4n) is 2.03. The number of aromatic nitrogens is 1. The number of rotatable bonds is 4. The largest absolute Gasteiger partial charge is 0.354 e. The van der Waals surface area contributed by atoms with E-state index < -0.39 is 0 Å². The predicted molar refractivity (Wildman–Crippen MR) is 72.8 cm³/mol. The van der Waals surface area contributed by atoms with Gasteiger partial charge in [0.15, 0.2) is 0 Å². The molecule has 0 aliphatic carbocycles. The molecule has 3 nitrogen and oxygen atoms in total. The van der Waals surface area contributed by atoms with E-state index in [-0.39, 0.29) is 0 Å². The van der Waals surface area contributed by atoms with Crippen molar-refractivity contribution in [1.29, 1.82) is 0 Å². The highest BCUT2D eigenvalue weighted by atomic mass is 35.5. The third-order valence-electron chi connectivity index (χ3n) is 2.98. The van der Waals surface area contributed by atoms with Gasteiger partial charge in [-0.25, -0.2) is 4.98 Å². The molecule has 0 amide bonds. The van der Waals surface area contributed by atoms with E-state index in [1.54, 1.807) is 0 Å². The van der Waals surface area contributed by atoms with E-state index in [9.17, 15) is 0 Å². The molecule has 2 heterocycles. The first-order valence-corrected chi connectivity index (χ1v) is 6.44. The van der Waals surface area contributed by atoms with Crippen LogP contribution in [-0.4, -0.2) is 48.5 Å². The molecule has 0 radical (unpaired) electrons. The van der Waals surface area contributed by atoms with E-state index in [2.05, 4.69) is 27.4 Å². The SMILES string of the molecule is C=C(CCl)CN1CCN(c2ccccn2)CC1. The summed E-state index contributed by atoms with van der Waals surface area (Å²) in [5, 5.41) is 0. The van der Waals surface area contributed by atoms with Crippen molar-refractivity contribution in [2.75, 3.05) is 43.5 Å². The van der Waals surface area contributed by atoms with Crippen LogP contribution in [0.5, 0.6) is 0 Å². The van der Waals surface area contributed by atoms with E-state index in [0.717, 1.165) is 44.1 Å². The molecule has 4 heteroatoms. The number of pyridine rings is 1. The van der Waals surface area contributed by atoms with E-state index in [1.807, 2.05) is 18.3 Å². The van der Waals surface area contributed by atoms with Gasteiger partial charge in [-0.2, -0.15) is 0 Å². The second kappa shape index (κ2) is 6.03. The summed E-state index contributed by atoms with van der Waals surface area (Å²) >= 11 is 5.75. The van der Waals surface area contributed by atoms with Crippen molar-refractivity contribution in [2.45, 2.75) is 0 Å². The molecule has 0 N–H and O–H groups in total. The maximum absolute atomic E-state index is 5.75. The first-order chi connectivity index (χ1) is 8.29. The summed E-state index contributed by atoms with van der Waals surface area (Å²) in [6.45, 7) is 9.00. The van der Waals surface area contributed by atoms with E-state index in [4.69, 9.17) is 11.6 Å². The van der Waals surface area contributed by atoms with Crippen molar-refractivity contribution >= 4 is 17.4 Å². The minimum Gasteiger partial charge on any atom is -0.354 e. The lowest BCUT2D eigenvalue weighted by atomic mass is 10.2. The van der Waals surface area contributed by atoms with Crippen molar-refractivity contribution < 1.29 is 0 Å². The maximum Gasteiger partial charge on any atom is 0.128 e. The van der Waals surface area contributed by atoms with Crippen LogP contribution >= 0.6 is 11.6 Å². The number of hydrogen-bond acceptors (Lipinski definition) is 3. The Labute approximate surface area is 108 Å². The summed E-state index contributed by atoms with van der Waals surface area (Å²) in [7, 11) is 0. The van der Waals surface area contributed by atoms with Gasteiger partial charge in [-0.15, -0.1) is 11.6 Å². The number of nitrogens with zero attached hydrogens (tertiary/aromatic N) is 3. The van der Waals surface area contributed by atoms with Crippen molar-refractivity contribution in [3.05, 3.63) is 36.5 Å². The van der Waals surface area contributed by atoms with Gasteiger partial charge in [0.1, 0.15) is 5.82 Å².